The van der Waals surface area contributed by atoms with Crippen molar-refractivity contribution in [3.05, 3.63) is 42.0 Å². The van der Waals surface area contributed by atoms with Crippen molar-refractivity contribution < 1.29 is 0 Å². The molecule has 14 heavy (non-hydrogen) atoms. The Balaban J connectivity index is 2.13. The zero-order valence-corrected chi connectivity index (χ0v) is 8.48. The maximum absolute atomic E-state index is 2.45. The van der Waals surface area contributed by atoms with E-state index in [2.05, 4.69) is 48.4 Å². The van der Waals surface area contributed by atoms with Crippen molar-refractivity contribution in [1.82, 2.24) is 0 Å². The molecule has 1 heterocycles. The minimum Gasteiger partial charge on any atom is -0.370 e. The maximum Gasteiger partial charge on any atom is 0.0405 e. The summed E-state index contributed by atoms with van der Waals surface area (Å²) in [7, 11) is 2.22. The van der Waals surface area contributed by atoms with Crippen LogP contribution in [0.4, 0.5) is 5.69 Å². The van der Waals surface area contributed by atoms with Crippen molar-refractivity contribution in [1.29, 1.82) is 0 Å². The summed E-state index contributed by atoms with van der Waals surface area (Å²) in [6.07, 6.45) is 7.25. The number of hydrogen-bond donors (Lipinski definition) is 0. The van der Waals surface area contributed by atoms with Crippen molar-refractivity contribution in [2.24, 2.45) is 0 Å². The highest BCUT2D eigenvalue weighted by Gasteiger charge is 2.35. The fourth-order valence-electron chi connectivity index (χ4n) is 2.83. The van der Waals surface area contributed by atoms with Crippen LogP contribution in [-0.4, -0.2) is 13.1 Å². The predicted molar refractivity (Wildman–Crippen MR) is 59.7 cm³/mol. The average Bonchev–Trinajstić information content (AvgIpc) is 2.55. The van der Waals surface area contributed by atoms with Gasteiger partial charge in [0.1, 0.15) is 0 Å². The van der Waals surface area contributed by atoms with E-state index in [1.807, 2.05) is 0 Å². The lowest BCUT2D eigenvalue weighted by molar-refractivity contribution is 0.552. The third-order valence-corrected chi connectivity index (χ3v) is 3.56. The number of fused-ring (bicyclic) bond motifs is 3. The summed E-state index contributed by atoms with van der Waals surface area (Å²) in [6.45, 7) is 0. The second-order valence-corrected chi connectivity index (χ2v) is 4.27. The van der Waals surface area contributed by atoms with Gasteiger partial charge in [-0.2, -0.15) is 0 Å². The van der Waals surface area contributed by atoms with Crippen LogP contribution in [0.25, 0.3) is 0 Å². The first-order valence-corrected chi connectivity index (χ1v) is 5.36. The number of hydrogen-bond acceptors (Lipinski definition) is 1. The van der Waals surface area contributed by atoms with E-state index in [1.165, 1.54) is 24.1 Å². The van der Waals surface area contributed by atoms with E-state index in [-0.39, 0.29) is 0 Å². The lowest BCUT2D eigenvalue weighted by Crippen LogP contribution is -2.30. The Bertz CT molecular complexity index is 381. The van der Waals surface area contributed by atoms with Gasteiger partial charge >= 0.3 is 0 Å². The Labute approximate surface area is 85.0 Å². The van der Waals surface area contributed by atoms with Crippen molar-refractivity contribution in [2.75, 3.05) is 11.9 Å². The topological polar surface area (TPSA) is 3.24 Å². The Morgan fingerprint density at radius 1 is 1.29 bits per heavy atom. The van der Waals surface area contributed by atoms with Gasteiger partial charge in [-0.25, -0.2) is 0 Å². The van der Waals surface area contributed by atoms with E-state index in [1.54, 1.807) is 0 Å². The first-order chi connectivity index (χ1) is 6.88. The first kappa shape index (κ1) is 8.10. The summed E-state index contributed by atoms with van der Waals surface area (Å²) < 4.78 is 0. The largest absolute Gasteiger partial charge is 0.370 e. The first-order valence-electron chi connectivity index (χ1n) is 5.36. The molecule has 0 fully saturated rings. The third kappa shape index (κ3) is 0.955. The summed E-state index contributed by atoms with van der Waals surface area (Å²) in [5.41, 5.74) is 2.94. The standard InChI is InChI=1S/C13H15N/c1-14-12-8-4-2-6-10(12)11-7-3-5-9-13(11)14/h2-4,6-8,11,13H,5,9H2,1H3. The summed E-state index contributed by atoms with van der Waals surface area (Å²) in [5.74, 6) is 0.643. The van der Waals surface area contributed by atoms with E-state index in [0.717, 1.165) is 0 Å². The molecule has 1 aromatic rings. The van der Waals surface area contributed by atoms with E-state index in [0.29, 0.717) is 12.0 Å². The van der Waals surface area contributed by atoms with E-state index in [4.69, 9.17) is 0 Å². The molecule has 1 heteroatoms. The number of para-hydroxylation sites is 1. The van der Waals surface area contributed by atoms with E-state index < -0.39 is 0 Å². The fourth-order valence-corrected chi connectivity index (χ4v) is 2.83. The van der Waals surface area contributed by atoms with Gasteiger partial charge in [-0.05, 0) is 24.5 Å². The lowest BCUT2D eigenvalue weighted by Gasteiger charge is -2.27. The molecule has 1 aliphatic carbocycles. The third-order valence-electron chi connectivity index (χ3n) is 3.56. The predicted octanol–water partition coefficient (Wildman–Crippen LogP) is 2.94. The van der Waals surface area contributed by atoms with Crippen LogP contribution in [0.1, 0.15) is 24.3 Å². The van der Waals surface area contributed by atoms with Gasteiger partial charge in [0.15, 0.2) is 0 Å². The molecular weight excluding hydrogens is 170 g/mol. The van der Waals surface area contributed by atoms with Crippen LogP contribution < -0.4 is 4.90 Å². The molecule has 2 unspecified atom stereocenters. The minimum atomic E-state index is 0.643. The molecule has 0 radical (unpaired) electrons. The molecule has 0 amide bonds. The summed E-state index contributed by atoms with van der Waals surface area (Å²) in [5, 5.41) is 0. The lowest BCUT2D eigenvalue weighted by atomic mass is 9.88. The molecule has 1 aliphatic heterocycles. The highest BCUT2D eigenvalue weighted by molar-refractivity contribution is 5.62. The number of rotatable bonds is 0. The van der Waals surface area contributed by atoms with Crippen LogP contribution in [0.3, 0.4) is 0 Å². The van der Waals surface area contributed by atoms with Gasteiger partial charge in [-0.3, -0.25) is 0 Å². The molecule has 0 N–H and O–H groups in total. The highest BCUT2D eigenvalue weighted by atomic mass is 15.2. The molecule has 0 saturated heterocycles. The second kappa shape index (κ2) is 2.88. The Hall–Kier alpha value is -1.24. The van der Waals surface area contributed by atoms with Crippen LogP contribution in [0.5, 0.6) is 0 Å². The second-order valence-electron chi connectivity index (χ2n) is 4.27. The molecule has 1 nitrogen and oxygen atoms in total. The molecular formula is C13H15N. The van der Waals surface area contributed by atoms with Gasteiger partial charge in [-0.1, -0.05) is 30.4 Å². The normalized spacial score (nSPS) is 28.8. The number of anilines is 1. The number of likely N-dealkylation sites (N-methyl/N-ethyl adjacent to an activating group) is 1. The van der Waals surface area contributed by atoms with Crippen LogP contribution in [-0.2, 0) is 0 Å². The fraction of sp³-hybridized carbons (Fsp3) is 0.385. The maximum atomic E-state index is 2.45. The molecule has 1 aromatic carbocycles. The monoisotopic (exact) mass is 185 g/mol. The van der Waals surface area contributed by atoms with Gasteiger partial charge in [0.2, 0.25) is 0 Å². The zero-order chi connectivity index (χ0) is 9.54. The molecule has 0 spiro atoms. The quantitative estimate of drug-likeness (QED) is 0.562. The SMILES string of the molecule is CN1c2ccccc2C2C=CCCC21. The van der Waals surface area contributed by atoms with E-state index in [9.17, 15) is 0 Å². The van der Waals surface area contributed by atoms with Crippen LogP contribution in [0.15, 0.2) is 36.4 Å². The minimum absolute atomic E-state index is 0.643. The smallest absolute Gasteiger partial charge is 0.0405 e. The summed E-state index contributed by atoms with van der Waals surface area (Å²) in [4.78, 5) is 2.45. The highest BCUT2D eigenvalue weighted by Crippen LogP contribution is 2.43. The zero-order valence-electron chi connectivity index (χ0n) is 8.48. The molecule has 2 aliphatic rings. The number of nitrogens with zero attached hydrogens (tertiary/aromatic N) is 1. The number of allylic oxidation sites excluding steroid dienone is 1. The van der Waals surface area contributed by atoms with E-state index >= 15 is 0 Å². The van der Waals surface area contributed by atoms with Crippen LogP contribution in [0, 0.1) is 0 Å². The van der Waals surface area contributed by atoms with Crippen molar-refractivity contribution in [3.63, 3.8) is 0 Å². The van der Waals surface area contributed by atoms with Gasteiger partial charge in [-0.15, -0.1) is 0 Å². The molecule has 2 atom stereocenters. The van der Waals surface area contributed by atoms with Crippen molar-refractivity contribution >= 4 is 5.69 Å². The van der Waals surface area contributed by atoms with Crippen molar-refractivity contribution in [3.8, 4) is 0 Å². The van der Waals surface area contributed by atoms with Crippen molar-refractivity contribution in [2.45, 2.75) is 24.8 Å². The van der Waals surface area contributed by atoms with Crippen LogP contribution >= 0.6 is 0 Å². The van der Waals surface area contributed by atoms with Gasteiger partial charge in [0.05, 0.1) is 0 Å². The summed E-state index contributed by atoms with van der Waals surface area (Å²) in [6, 6.07) is 9.50. The Morgan fingerprint density at radius 3 is 3.07 bits per heavy atom. The molecule has 0 aromatic heterocycles. The molecule has 0 saturated carbocycles. The van der Waals surface area contributed by atoms with Gasteiger partial charge in [0.25, 0.3) is 0 Å². The molecule has 3 rings (SSSR count). The molecule has 72 valence electrons. The summed E-state index contributed by atoms with van der Waals surface area (Å²) >= 11 is 0. The van der Waals surface area contributed by atoms with Gasteiger partial charge in [0, 0.05) is 24.7 Å². The average molecular weight is 185 g/mol. The van der Waals surface area contributed by atoms with Gasteiger partial charge < -0.3 is 4.90 Å². The number of benzene rings is 1. The van der Waals surface area contributed by atoms with Crippen LogP contribution in [0.2, 0.25) is 0 Å². The Kier molecular flexibility index (Phi) is 1.66. The Morgan fingerprint density at radius 2 is 2.14 bits per heavy atom. The molecule has 0 bridgehead atoms.